The fourth-order valence-electron chi connectivity index (χ4n) is 1.56. The number of ether oxygens (including phenoxy) is 1. The number of aryl methyl sites for hydroxylation is 1. The van der Waals surface area contributed by atoms with E-state index in [-0.39, 0.29) is 0 Å². The van der Waals surface area contributed by atoms with Gasteiger partial charge in [0.1, 0.15) is 11.9 Å². The lowest BCUT2D eigenvalue weighted by Crippen LogP contribution is -2.12. The highest BCUT2D eigenvalue weighted by Crippen LogP contribution is 2.28. The Hall–Kier alpha value is -1.60. The first-order valence-electron chi connectivity index (χ1n) is 5.99. The summed E-state index contributed by atoms with van der Waals surface area (Å²) in [7, 11) is 0. The maximum atomic E-state index is 8.93. The Balaban J connectivity index is 1.76. The van der Waals surface area contributed by atoms with Gasteiger partial charge in [-0.3, -0.25) is 0 Å². The second-order valence-electron chi connectivity index (χ2n) is 4.41. The van der Waals surface area contributed by atoms with E-state index < -0.39 is 0 Å². The quantitative estimate of drug-likeness (QED) is 0.762. The van der Waals surface area contributed by atoms with Crippen LogP contribution in [0.1, 0.15) is 24.1 Å². The van der Waals surface area contributed by atoms with Gasteiger partial charge in [0.2, 0.25) is 0 Å². The molecule has 2 rings (SSSR count). The Morgan fingerprint density at radius 1 is 1.53 bits per heavy atom. The second kappa shape index (κ2) is 5.65. The zero-order valence-electron chi connectivity index (χ0n) is 10.1. The highest BCUT2D eigenvalue weighted by atomic mass is 16.5. The van der Waals surface area contributed by atoms with Crippen LogP contribution in [0, 0.1) is 24.2 Å². The minimum atomic E-state index is 0.581. The van der Waals surface area contributed by atoms with E-state index in [9.17, 15) is 0 Å². The van der Waals surface area contributed by atoms with Crippen molar-refractivity contribution in [2.24, 2.45) is 5.92 Å². The van der Waals surface area contributed by atoms with Crippen LogP contribution in [0.2, 0.25) is 0 Å². The number of nitrogens with one attached hydrogen (secondary N) is 1. The predicted octanol–water partition coefficient (Wildman–Crippen LogP) is 2.10. The van der Waals surface area contributed by atoms with Crippen LogP contribution in [0.5, 0.6) is 0 Å². The van der Waals surface area contributed by atoms with Crippen molar-refractivity contribution in [1.29, 1.82) is 5.26 Å². The zero-order chi connectivity index (χ0) is 12.1. The Labute approximate surface area is 102 Å². The van der Waals surface area contributed by atoms with Gasteiger partial charge in [-0.1, -0.05) is 0 Å². The number of hydrogen-bond acceptors (Lipinski definition) is 4. The van der Waals surface area contributed by atoms with E-state index in [1.807, 2.05) is 13.0 Å². The minimum Gasteiger partial charge on any atom is -0.379 e. The van der Waals surface area contributed by atoms with E-state index in [0.717, 1.165) is 18.2 Å². The molecule has 0 bridgehead atoms. The molecule has 90 valence electrons. The summed E-state index contributed by atoms with van der Waals surface area (Å²) in [5.41, 5.74) is 1.49. The summed E-state index contributed by atoms with van der Waals surface area (Å²) in [6, 6.07) is 5.75. The van der Waals surface area contributed by atoms with E-state index in [0.29, 0.717) is 24.5 Å². The Bertz CT molecular complexity index is 421. The fraction of sp³-hybridized carbons (Fsp3) is 0.538. The van der Waals surface area contributed by atoms with E-state index in [1.54, 1.807) is 6.07 Å². The van der Waals surface area contributed by atoms with Crippen molar-refractivity contribution in [2.45, 2.75) is 19.8 Å². The van der Waals surface area contributed by atoms with Crippen molar-refractivity contribution >= 4 is 5.82 Å². The summed E-state index contributed by atoms with van der Waals surface area (Å²) in [4.78, 5) is 4.30. The molecule has 1 fully saturated rings. The molecule has 0 aromatic carbocycles. The Morgan fingerprint density at radius 3 is 3.06 bits per heavy atom. The van der Waals surface area contributed by atoms with Crippen LogP contribution in [0.25, 0.3) is 0 Å². The average Bonchev–Trinajstić information content (AvgIpc) is 3.13. The first-order chi connectivity index (χ1) is 8.29. The summed E-state index contributed by atoms with van der Waals surface area (Å²) >= 11 is 0. The van der Waals surface area contributed by atoms with Gasteiger partial charge in [0.15, 0.2) is 0 Å². The summed E-state index contributed by atoms with van der Waals surface area (Å²) < 4.78 is 5.51. The van der Waals surface area contributed by atoms with Gasteiger partial charge in [-0.25, -0.2) is 4.98 Å². The number of nitriles is 1. The molecule has 17 heavy (non-hydrogen) atoms. The van der Waals surface area contributed by atoms with Crippen molar-refractivity contribution < 1.29 is 4.74 Å². The third kappa shape index (κ3) is 3.72. The summed E-state index contributed by atoms with van der Waals surface area (Å²) in [6.07, 6.45) is 2.62. The van der Waals surface area contributed by atoms with Gasteiger partial charge in [0, 0.05) is 18.8 Å². The molecular formula is C13H17N3O. The van der Waals surface area contributed by atoms with Crippen LogP contribution in [-0.4, -0.2) is 24.7 Å². The van der Waals surface area contributed by atoms with Gasteiger partial charge in [-0.05, 0) is 37.8 Å². The van der Waals surface area contributed by atoms with Crippen LogP contribution in [0.3, 0.4) is 0 Å². The summed E-state index contributed by atoms with van der Waals surface area (Å²) in [5.74, 6) is 1.45. The molecule has 0 aliphatic heterocycles. The molecule has 0 radical (unpaired) electrons. The molecule has 0 spiro atoms. The summed E-state index contributed by atoms with van der Waals surface area (Å²) in [5, 5.41) is 12.1. The maximum absolute atomic E-state index is 8.93. The number of aromatic nitrogens is 1. The summed E-state index contributed by atoms with van der Waals surface area (Å²) in [6.45, 7) is 4.14. The SMILES string of the molecule is Cc1ccc(C#N)c(NCCOCC2CC2)n1. The number of rotatable bonds is 6. The van der Waals surface area contributed by atoms with Crippen molar-refractivity contribution in [3.05, 3.63) is 23.4 Å². The lowest BCUT2D eigenvalue weighted by Gasteiger charge is -2.08. The molecule has 1 saturated carbocycles. The first kappa shape index (κ1) is 11.9. The monoisotopic (exact) mass is 231 g/mol. The molecule has 0 unspecified atom stereocenters. The molecule has 0 saturated heterocycles. The Morgan fingerprint density at radius 2 is 2.35 bits per heavy atom. The highest BCUT2D eigenvalue weighted by Gasteiger charge is 2.20. The predicted molar refractivity (Wildman–Crippen MR) is 65.7 cm³/mol. The van der Waals surface area contributed by atoms with Crippen LogP contribution in [0.15, 0.2) is 12.1 Å². The van der Waals surface area contributed by atoms with Gasteiger partial charge < -0.3 is 10.1 Å². The molecule has 0 amide bonds. The second-order valence-corrected chi connectivity index (χ2v) is 4.41. The molecule has 1 N–H and O–H groups in total. The molecule has 0 atom stereocenters. The average molecular weight is 231 g/mol. The highest BCUT2D eigenvalue weighted by molar-refractivity contribution is 5.52. The van der Waals surface area contributed by atoms with Crippen LogP contribution >= 0.6 is 0 Å². The van der Waals surface area contributed by atoms with E-state index >= 15 is 0 Å². The van der Waals surface area contributed by atoms with Gasteiger partial charge >= 0.3 is 0 Å². The molecule has 4 nitrogen and oxygen atoms in total. The lowest BCUT2D eigenvalue weighted by molar-refractivity contribution is 0.134. The number of pyridine rings is 1. The maximum Gasteiger partial charge on any atom is 0.144 e. The van der Waals surface area contributed by atoms with Crippen molar-refractivity contribution in [2.75, 3.05) is 25.1 Å². The molecule has 1 aliphatic rings. The van der Waals surface area contributed by atoms with E-state index in [4.69, 9.17) is 10.00 Å². The normalized spacial score (nSPS) is 14.4. The van der Waals surface area contributed by atoms with Gasteiger partial charge in [0.25, 0.3) is 0 Å². The van der Waals surface area contributed by atoms with Crippen molar-refractivity contribution in [1.82, 2.24) is 4.98 Å². The zero-order valence-corrected chi connectivity index (χ0v) is 10.1. The van der Waals surface area contributed by atoms with Gasteiger partial charge in [-0.2, -0.15) is 5.26 Å². The van der Waals surface area contributed by atoms with Crippen LogP contribution in [-0.2, 0) is 4.74 Å². The third-order valence-electron chi connectivity index (χ3n) is 2.74. The molecule has 1 aromatic heterocycles. The number of hydrogen-bond donors (Lipinski definition) is 1. The third-order valence-corrected chi connectivity index (χ3v) is 2.74. The Kier molecular flexibility index (Phi) is 3.94. The van der Waals surface area contributed by atoms with Crippen LogP contribution < -0.4 is 5.32 Å². The smallest absolute Gasteiger partial charge is 0.144 e. The minimum absolute atomic E-state index is 0.581. The van der Waals surface area contributed by atoms with E-state index in [2.05, 4.69) is 16.4 Å². The fourth-order valence-corrected chi connectivity index (χ4v) is 1.56. The lowest BCUT2D eigenvalue weighted by atomic mass is 10.2. The first-order valence-corrected chi connectivity index (χ1v) is 5.99. The molecular weight excluding hydrogens is 214 g/mol. The van der Waals surface area contributed by atoms with Crippen molar-refractivity contribution in [3.8, 4) is 6.07 Å². The molecule has 1 aromatic rings. The standard InChI is InChI=1S/C13H17N3O/c1-10-2-5-12(8-14)13(16-10)15-6-7-17-9-11-3-4-11/h2,5,11H,3-4,6-7,9H2,1H3,(H,15,16). The van der Waals surface area contributed by atoms with Gasteiger partial charge in [0.05, 0.1) is 12.2 Å². The molecule has 1 heterocycles. The van der Waals surface area contributed by atoms with Crippen LogP contribution in [0.4, 0.5) is 5.82 Å². The topological polar surface area (TPSA) is 57.9 Å². The van der Waals surface area contributed by atoms with E-state index in [1.165, 1.54) is 12.8 Å². The van der Waals surface area contributed by atoms with Gasteiger partial charge in [-0.15, -0.1) is 0 Å². The van der Waals surface area contributed by atoms with Crippen molar-refractivity contribution in [3.63, 3.8) is 0 Å². The number of nitrogens with zero attached hydrogens (tertiary/aromatic N) is 2. The number of anilines is 1. The molecule has 1 aliphatic carbocycles. The molecule has 4 heteroatoms. The largest absolute Gasteiger partial charge is 0.379 e.